The maximum atomic E-state index is 11.5. The number of aromatic nitrogens is 4. The quantitative estimate of drug-likeness (QED) is 0.623. The molecule has 0 bridgehead atoms. The van der Waals surface area contributed by atoms with Crippen LogP contribution in [0.4, 0.5) is 0 Å². The fourth-order valence-electron chi connectivity index (χ4n) is 3.04. The molecule has 4 atom stereocenters. The Bertz CT molecular complexity index is 841. The zero-order chi connectivity index (χ0) is 17.2. The molecule has 1 N–H and O–H groups in total. The number of carboxylic acids is 1. The summed E-state index contributed by atoms with van der Waals surface area (Å²) in [6.45, 7) is 3.42. The van der Waals surface area contributed by atoms with Gasteiger partial charge in [-0.25, -0.2) is 14.8 Å². The lowest BCUT2D eigenvalue weighted by Crippen LogP contribution is -2.35. The molecule has 11 heteroatoms. The first kappa shape index (κ1) is 16.0. The third-order valence-corrected chi connectivity index (χ3v) is 4.33. The number of fused-ring (bicyclic) bond motifs is 2. The summed E-state index contributed by atoms with van der Waals surface area (Å²) in [6.07, 6.45) is -1.95. The van der Waals surface area contributed by atoms with Gasteiger partial charge in [0.1, 0.15) is 17.7 Å². The van der Waals surface area contributed by atoms with Crippen molar-refractivity contribution < 1.29 is 24.1 Å². The fraction of sp³-hybridized carbons (Fsp3) is 0.538. The summed E-state index contributed by atoms with van der Waals surface area (Å²) < 4.78 is 18.7. The van der Waals surface area contributed by atoms with Crippen molar-refractivity contribution in [3.63, 3.8) is 0 Å². The molecule has 2 saturated heterocycles. The largest absolute Gasteiger partial charge is 0.479 e. The zero-order valence-corrected chi connectivity index (χ0v) is 14.0. The van der Waals surface area contributed by atoms with E-state index in [9.17, 15) is 9.90 Å². The molecule has 4 heterocycles. The summed E-state index contributed by atoms with van der Waals surface area (Å²) in [5, 5.41) is 9.44. The van der Waals surface area contributed by atoms with Crippen LogP contribution in [0.15, 0.2) is 6.33 Å². The van der Waals surface area contributed by atoms with Gasteiger partial charge in [0.25, 0.3) is 0 Å². The van der Waals surface area contributed by atoms with Crippen LogP contribution in [0.25, 0.3) is 11.2 Å². The lowest BCUT2D eigenvalue weighted by Gasteiger charge is -2.23. The van der Waals surface area contributed by atoms with Crippen LogP contribution in [0.1, 0.15) is 20.1 Å². The number of rotatable bonds is 2. The number of nitrogens with zero attached hydrogens (tertiary/aromatic N) is 4. The van der Waals surface area contributed by atoms with Crippen LogP contribution in [0.5, 0.6) is 0 Å². The summed E-state index contributed by atoms with van der Waals surface area (Å²) in [5.74, 6) is -2.06. The van der Waals surface area contributed by atoms with Crippen LogP contribution < -0.4 is 0 Å². The summed E-state index contributed by atoms with van der Waals surface area (Å²) in [4.78, 5) is 23.6. The highest BCUT2D eigenvalue weighted by atomic mass is 35.5. The Morgan fingerprint density at radius 3 is 2.71 bits per heavy atom. The molecule has 0 aliphatic carbocycles. The molecule has 0 saturated carbocycles. The van der Waals surface area contributed by atoms with Gasteiger partial charge in [-0.1, -0.05) is 11.6 Å². The highest BCUT2D eigenvalue weighted by Gasteiger charge is 2.58. The Balaban J connectivity index is 1.80. The first-order valence-electron chi connectivity index (χ1n) is 7.06. The molecule has 2 aliphatic rings. The van der Waals surface area contributed by atoms with Crippen LogP contribution in [-0.4, -0.2) is 54.7 Å². The van der Waals surface area contributed by atoms with Crippen molar-refractivity contribution in [2.45, 2.75) is 44.2 Å². The third-order valence-electron chi connectivity index (χ3n) is 3.90. The van der Waals surface area contributed by atoms with E-state index in [2.05, 4.69) is 15.0 Å². The second kappa shape index (κ2) is 5.24. The molecule has 9 nitrogen and oxygen atoms in total. The molecule has 0 amide bonds. The smallest absolute Gasteiger partial charge is 0.335 e. The summed E-state index contributed by atoms with van der Waals surface area (Å²) in [6, 6.07) is 0. The maximum absolute atomic E-state index is 11.5. The van der Waals surface area contributed by atoms with Crippen molar-refractivity contribution in [1.29, 1.82) is 0 Å². The predicted octanol–water partition coefficient (Wildman–Crippen LogP) is 1.64. The minimum absolute atomic E-state index is 0.0532. The Kier molecular flexibility index (Phi) is 3.49. The Hall–Kier alpha value is -1.52. The van der Waals surface area contributed by atoms with E-state index in [1.54, 1.807) is 13.8 Å². The van der Waals surface area contributed by atoms with E-state index in [0.29, 0.717) is 11.2 Å². The highest BCUT2D eigenvalue weighted by molar-refractivity contribution is 6.35. The molecular weight excluding hydrogens is 363 g/mol. The van der Waals surface area contributed by atoms with Crippen LogP contribution in [0, 0.1) is 0 Å². The number of hydrogen-bond acceptors (Lipinski definition) is 7. The van der Waals surface area contributed by atoms with E-state index in [1.165, 1.54) is 10.9 Å². The number of halogens is 2. The van der Waals surface area contributed by atoms with Gasteiger partial charge >= 0.3 is 5.97 Å². The van der Waals surface area contributed by atoms with Crippen molar-refractivity contribution in [1.82, 2.24) is 19.5 Å². The molecule has 128 valence electrons. The molecule has 0 aromatic carbocycles. The second-order valence-corrected chi connectivity index (χ2v) is 6.65. The van der Waals surface area contributed by atoms with E-state index in [0.717, 1.165) is 0 Å². The van der Waals surface area contributed by atoms with E-state index >= 15 is 0 Å². The van der Waals surface area contributed by atoms with Gasteiger partial charge in [0.2, 0.25) is 5.28 Å². The number of ether oxygens (including phenoxy) is 3. The van der Waals surface area contributed by atoms with Crippen LogP contribution in [0.2, 0.25) is 10.4 Å². The lowest BCUT2D eigenvalue weighted by atomic mass is 10.1. The monoisotopic (exact) mass is 374 g/mol. The number of aliphatic carboxylic acids is 1. The van der Waals surface area contributed by atoms with Gasteiger partial charge in [-0.3, -0.25) is 4.57 Å². The lowest BCUT2D eigenvalue weighted by molar-refractivity contribution is -0.202. The van der Waals surface area contributed by atoms with E-state index in [4.69, 9.17) is 37.4 Å². The summed E-state index contributed by atoms with van der Waals surface area (Å²) >= 11 is 11.9. The van der Waals surface area contributed by atoms with Crippen molar-refractivity contribution in [2.24, 2.45) is 0 Å². The van der Waals surface area contributed by atoms with Gasteiger partial charge in [0.05, 0.1) is 6.33 Å². The molecule has 2 aromatic heterocycles. The van der Waals surface area contributed by atoms with Gasteiger partial charge in [-0.05, 0) is 25.4 Å². The Labute approximate surface area is 145 Å². The molecular formula is C13H12Cl2N4O5. The average molecular weight is 375 g/mol. The van der Waals surface area contributed by atoms with Gasteiger partial charge in [-0.2, -0.15) is 4.98 Å². The predicted molar refractivity (Wildman–Crippen MR) is 80.7 cm³/mol. The molecule has 2 aliphatic heterocycles. The van der Waals surface area contributed by atoms with Crippen molar-refractivity contribution in [2.75, 3.05) is 0 Å². The normalized spacial score (nSPS) is 31.5. The molecule has 4 rings (SSSR count). The molecule has 0 radical (unpaired) electrons. The van der Waals surface area contributed by atoms with Crippen LogP contribution in [-0.2, 0) is 19.0 Å². The number of imidazole rings is 1. The molecule has 24 heavy (non-hydrogen) atoms. The first-order chi connectivity index (χ1) is 11.3. The van der Waals surface area contributed by atoms with Crippen LogP contribution >= 0.6 is 23.2 Å². The van der Waals surface area contributed by atoms with Crippen LogP contribution in [0.3, 0.4) is 0 Å². The van der Waals surface area contributed by atoms with Crippen molar-refractivity contribution >= 4 is 40.3 Å². The number of carbonyl (C=O) groups is 1. The van der Waals surface area contributed by atoms with Gasteiger partial charge in [0.15, 0.2) is 28.9 Å². The van der Waals surface area contributed by atoms with Gasteiger partial charge in [0, 0.05) is 0 Å². The van der Waals surface area contributed by atoms with Gasteiger partial charge < -0.3 is 19.3 Å². The Morgan fingerprint density at radius 1 is 1.29 bits per heavy atom. The molecule has 0 unspecified atom stereocenters. The SMILES string of the molecule is CC1(C)O[C@@H]2[C@H](O1)[C@@H](C(=O)O)O[C@H]2n1cnc2c(Cl)nc(Cl)nc21. The third kappa shape index (κ3) is 2.35. The Morgan fingerprint density at radius 2 is 2.00 bits per heavy atom. The first-order valence-corrected chi connectivity index (χ1v) is 7.82. The van der Waals surface area contributed by atoms with Crippen molar-refractivity contribution in [3.8, 4) is 0 Å². The molecule has 0 spiro atoms. The summed E-state index contributed by atoms with van der Waals surface area (Å²) in [5.41, 5.74) is 0.654. The highest BCUT2D eigenvalue weighted by Crippen LogP contribution is 2.44. The zero-order valence-electron chi connectivity index (χ0n) is 12.5. The van der Waals surface area contributed by atoms with E-state index in [-0.39, 0.29) is 10.4 Å². The molecule has 2 fully saturated rings. The summed E-state index contributed by atoms with van der Waals surface area (Å²) in [7, 11) is 0. The van der Waals surface area contributed by atoms with Crippen molar-refractivity contribution in [3.05, 3.63) is 16.8 Å². The average Bonchev–Trinajstić information content (AvgIpc) is 3.09. The minimum Gasteiger partial charge on any atom is -0.479 e. The standard InChI is InChI=1S/C13H12Cl2N4O5/c1-13(2)23-5-6(24-13)10(22-7(5)11(20)21)19-3-16-4-8(14)17-12(15)18-9(4)19/h3,5-7,10H,1-2H3,(H,20,21)/t5-,6+,7-,10+/m0/s1. The topological polar surface area (TPSA) is 109 Å². The van der Waals surface area contributed by atoms with E-state index in [1.807, 2.05) is 0 Å². The minimum atomic E-state index is -1.17. The number of hydrogen-bond donors (Lipinski definition) is 1. The van der Waals surface area contributed by atoms with Gasteiger partial charge in [-0.15, -0.1) is 0 Å². The van der Waals surface area contributed by atoms with E-state index < -0.39 is 36.3 Å². The fourth-order valence-corrected chi connectivity index (χ4v) is 3.46. The molecule has 2 aromatic rings. The maximum Gasteiger partial charge on any atom is 0.335 e. The number of carboxylic acid groups (broad SMARTS) is 1. The second-order valence-electron chi connectivity index (χ2n) is 5.96.